The minimum atomic E-state index is -0.334. The normalized spacial score (nSPS) is 15.6. The summed E-state index contributed by atoms with van der Waals surface area (Å²) in [7, 11) is 0. The number of rotatable bonds is 7. The molecular formula is C22H23FN4O2. The Bertz CT molecular complexity index is 971. The molecule has 3 aromatic rings. The van der Waals surface area contributed by atoms with Crippen LogP contribution in [0.15, 0.2) is 54.9 Å². The summed E-state index contributed by atoms with van der Waals surface area (Å²) in [4.78, 5) is 12.1. The van der Waals surface area contributed by atoms with Gasteiger partial charge in [-0.15, -0.1) is 10.2 Å². The largest absolute Gasteiger partial charge is 0.493 e. The zero-order valence-electron chi connectivity index (χ0n) is 16.1. The van der Waals surface area contributed by atoms with E-state index in [1.165, 1.54) is 17.7 Å². The van der Waals surface area contributed by atoms with E-state index >= 15 is 0 Å². The number of hydrogen-bond donors (Lipinski definition) is 1. The summed E-state index contributed by atoms with van der Waals surface area (Å²) in [5, 5.41) is 11.0. The van der Waals surface area contributed by atoms with Gasteiger partial charge in [-0.2, -0.15) is 0 Å². The van der Waals surface area contributed by atoms with Gasteiger partial charge in [0.05, 0.1) is 6.61 Å². The van der Waals surface area contributed by atoms with Crippen LogP contribution in [0.4, 0.5) is 10.1 Å². The average Bonchev–Trinajstić information content (AvgIpc) is 3.20. The molecule has 1 aliphatic rings. The number of fused-ring (bicyclic) bond motifs is 1. The molecule has 0 fully saturated rings. The summed E-state index contributed by atoms with van der Waals surface area (Å²) in [6, 6.07) is 14.0. The highest BCUT2D eigenvalue weighted by atomic mass is 19.1. The van der Waals surface area contributed by atoms with Crippen molar-refractivity contribution in [3.63, 3.8) is 0 Å². The van der Waals surface area contributed by atoms with Crippen LogP contribution >= 0.6 is 0 Å². The number of hydrogen-bond acceptors (Lipinski definition) is 4. The molecule has 2 heterocycles. The lowest BCUT2D eigenvalue weighted by molar-refractivity contribution is -0.116. The maximum Gasteiger partial charge on any atom is 0.224 e. The molecule has 4 rings (SSSR count). The van der Waals surface area contributed by atoms with Gasteiger partial charge in [0, 0.05) is 37.1 Å². The SMILES string of the molecule is O=C(CCCOc1cccc(F)c1)Nc1ccc(C2CCc3nncn3C2)cc1. The molecule has 150 valence electrons. The lowest BCUT2D eigenvalue weighted by Gasteiger charge is -2.23. The van der Waals surface area contributed by atoms with Crippen LogP contribution in [0.2, 0.25) is 0 Å². The van der Waals surface area contributed by atoms with Crippen LogP contribution in [0.5, 0.6) is 5.75 Å². The number of benzene rings is 2. The van der Waals surface area contributed by atoms with Crippen LogP contribution in [-0.2, 0) is 17.8 Å². The first-order valence-corrected chi connectivity index (χ1v) is 9.82. The number of anilines is 1. The number of nitrogens with one attached hydrogen (secondary N) is 1. The third-order valence-corrected chi connectivity index (χ3v) is 5.11. The van der Waals surface area contributed by atoms with E-state index in [1.54, 1.807) is 18.5 Å². The van der Waals surface area contributed by atoms with Crippen molar-refractivity contribution in [2.45, 2.75) is 38.1 Å². The Morgan fingerprint density at radius 1 is 1.24 bits per heavy atom. The highest BCUT2D eigenvalue weighted by Crippen LogP contribution is 2.28. The van der Waals surface area contributed by atoms with Gasteiger partial charge in [0.15, 0.2) is 0 Å². The van der Waals surface area contributed by atoms with E-state index in [2.05, 4.69) is 32.2 Å². The molecule has 1 unspecified atom stereocenters. The topological polar surface area (TPSA) is 69.0 Å². The second-order valence-corrected chi connectivity index (χ2v) is 7.21. The molecular weight excluding hydrogens is 371 g/mol. The van der Waals surface area contributed by atoms with Crippen molar-refractivity contribution in [3.05, 3.63) is 72.1 Å². The van der Waals surface area contributed by atoms with E-state index in [4.69, 9.17) is 4.74 Å². The Hall–Kier alpha value is -3.22. The van der Waals surface area contributed by atoms with E-state index in [0.29, 0.717) is 31.1 Å². The first kappa shape index (κ1) is 19.1. The van der Waals surface area contributed by atoms with Crippen molar-refractivity contribution in [2.75, 3.05) is 11.9 Å². The van der Waals surface area contributed by atoms with Crippen molar-refractivity contribution >= 4 is 11.6 Å². The molecule has 0 aliphatic carbocycles. The number of carbonyl (C=O) groups is 1. The quantitative estimate of drug-likeness (QED) is 0.616. The summed E-state index contributed by atoms with van der Waals surface area (Å²) >= 11 is 0. The van der Waals surface area contributed by atoms with Crippen molar-refractivity contribution in [2.24, 2.45) is 0 Å². The fourth-order valence-electron chi connectivity index (χ4n) is 3.57. The van der Waals surface area contributed by atoms with Crippen molar-refractivity contribution < 1.29 is 13.9 Å². The Kier molecular flexibility index (Phi) is 5.84. The van der Waals surface area contributed by atoms with Gasteiger partial charge in [-0.05, 0) is 42.7 Å². The molecule has 1 amide bonds. The van der Waals surface area contributed by atoms with Crippen LogP contribution in [0.1, 0.15) is 36.6 Å². The minimum absolute atomic E-state index is 0.0626. The lowest BCUT2D eigenvalue weighted by atomic mass is 9.91. The Balaban J connectivity index is 1.22. The van der Waals surface area contributed by atoms with Gasteiger partial charge in [0.2, 0.25) is 5.91 Å². The summed E-state index contributed by atoms with van der Waals surface area (Å²) in [5.74, 6) is 1.56. The van der Waals surface area contributed by atoms with Crippen LogP contribution in [0.3, 0.4) is 0 Å². The summed E-state index contributed by atoms with van der Waals surface area (Å²) < 4.78 is 20.7. The number of carbonyl (C=O) groups excluding carboxylic acids is 1. The van der Waals surface area contributed by atoms with Gasteiger partial charge < -0.3 is 14.6 Å². The standard InChI is InChI=1S/C22H23FN4O2/c23-18-3-1-4-20(13-18)29-12-2-5-22(28)25-19-9-6-16(7-10-19)17-8-11-21-26-24-15-27(21)14-17/h1,3-4,6-7,9-10,13,15,17H,2,5,8,11-12,14H2,(H,25,28). The number of aryl methyl sites for hydroxylation is 1. The predicted molar refractivity (Wildman–Crippen MR) is 107 cm³/mol. The molecule has 1 atom stereocenters. The van der Waals surface area contributed by atoms with Gasteiger partial charge >= 0.3 is 0 Å². The van der Waals surface area contributed by atoms with Gasteiger partial charge in [-0.1, -0.05) is 18.2 Å². The number of halogens is 1. The molecule has 0 bridgehead atoms. The maximum absolute atomic E-state index is 13.1. The molecule has 1 aliphatic heterocycles. The summed E-state index contributed by atoms with van der Waals surface area (Å²) in [6.07, 6.45) is 4.67. The molecule has 6 nitrogen and oxygen atoms in total. The van der Waals surface area contributed by atoms with Gasteiger partial charge in [0.25, 0.3) is 0 Å². The first-order chi connectivity index (χ1) is 14.2. The first-order valence-electron chi connectivity index (χ1n) is 9.82. The third kappa shape index (κ3) is 4.99. The molecule has 0 radical (unpaired) electrons. The van der Waals surface area contributed by atoms with Crippen molar-refractivity contribution in [3.8, 4) is 5.75 Å². The monoisotopic (exact) mass is 394 g/mol. The van der Waals surface area contributed by atoms with Gasteiger partial charge in [-0.25, -0.2) is 4.39 Å². The smallest absolute Gasteiger partial charge is 0.224 e. The summed E-state index contributed by atoms with van der Waals surface area (Å²) in [6.45, 7) is 1.25. The summed E-state index contributed by atoms with van der Waals surface area (Å²) in [5.41, 5.74) is 2.04. The van der Waals surface area contributed by atoms with Crippen molar-refractivity contribution in [1.82, 2.24) is 14.8 Å². The average molecular weight is 394 g/mol. The minimum Gasteiger partial charge on any atom is -0.493 e. The van der Waals surface area contributed by atoms with Crippen LogP contribution in [0.25, 0.3) is 0 Å². The Labute approximate surface area is 168 Å². The maximum atomic E-state index is 13.1. The molecule has 0 saturated heterocycles. The molecule has 1 N–H and O–H groups in total. The number of aromatic nitrogens is 3. The Morgan fingerprint density at radius 3 is 2.93 bits per heavy atom. The predicted octanol–water partition coefficient (Wildman–Crippen LogP) is 3.94. The fourth-order valence-corrected chi connectivity index (χ4v) is 3.57. The number of nitrogens with zero attached hydrogens (tertiary/aromatic N) is 3. The second kappa shape index (κ2) is 8.86. The number of ether oxygens (including phenoxy) is 1. The van der Waals surface area contributed by atoms with Gasteiger partial charge in [-0.3, -0.25) is 4.79 Å². The number of amides is 1. The van der Waals surface area contributed by atoms with Crippen molar-refractivity contribution in [1.29, 1.82) is 0 Å². The molecule has 29 heavy (non-hydrogen) atoms. The van der Waals surface area contributed by atoms with E-state index < -0.39 is 0 Å². The lowest BCUT2D eigenvalue weighted by Crippen LogP contribution is -2.18. The highest BCUT2D eigenvalue weighted by Gasteiger charge is 2.20. The molecule has 0 spiro atoms. The van der Waals surface area contributed by atoms with Crippen LogP contribution in [-0.4, -0.2) is 27.3 Å². The van der Waals surface area contributed by atoms with Crippen LogP contribution in [0, 0.1) is 5.82 Å². The van der Waals surface area contributed by atoms with E-state index in [9.17, 15) is 9.18 Å². The van der Waals surface area contributed by atoms with E-state index in [-0.39, 0.29) is 11.7 Å². The third-order valence-electron chi connectivity index (χ3n) is 5.11. The zero-order valence-corrected chi connectivity index (χ0v) is 16.1. The Morgan fingerprint density at radius 2 is 2.10 bits per heavy atom. The molecule has 0 saturated carbocycles. The highest BCUT2D eigenvalue weighted by molar-refractivity contribution is 5.90. The molecule has 7 heteroatoms. The molecule has 2 aromatic carbocycles. The van der Waals surface area contributed by atoms with Gasteiger partial charge in [0.1, 0.15) is 23.7 Å². The zero-order chi connectivity index (χ0) is 20.1. The van der Waals surface area contributed by atoms with E-state index in [0.717, 1.165) is 30.9 Å². The fraction of sp³-hybridized carbons (Fsp3) is 0.318. The molecule has 1 aromatic heterocycles. The van der Waals surface area contributed by atoms with Crippen LogP contribution < -0.4 is 10.1 Å². The second-order valence-electron chi connectivity index (χ2n) is 7.21. The van der Waals surface area contributed by atoms with E-state index in [1.807, 2.05) is 12.1 Å².